The van der Waals surface area contributed by atoms with Crippen LogP contribution in [0.25, 0.3) is 0 Å². The van der Waals surface area contributed by atoms with Gasteiger partial charge < -0.3 is 10.2 Å². The van der Waals surface area contributed by atoms with Crippen LogP contribution in [0.5, 0.6) is 0 Å². The highest BCUT2D eigenvalue weighted by molar-refractivity contribution is 5.03. The molecule has 2 N–H and O–H groups in total. The van der Waals surface area contributed by atoms with Crippen LogP contribution in [-0.2, 0) is 0 Å². The molecule has 2 heteroatoms. The van der Waals surface area contributed by atoms with E-state index in [1.807, 2.05) is 0 Å². The van der Waals surface area contributed by atoms with Crippen LogP contribution < -0.4 is 0 Å². The molecule has 2 saturated carbocycles. The molecule has 2 aliphatic carbocycles. The smallest absolute Gasteiger partial charge is 0.0832 e. The molecule has 0 spiro atoms. The Labute approximate surface area is 67.2 Å². The van der Waals surface area contributed by atoms with Crippen LogP contribution in [0.4, 0.5) is 0 Å². The van der Waals surface area contributed by atoms with Gasteiger partial charge in [-0.05, 0) is 30.1 Å². The van der Waals surface area contributed by atoms with E-state index in [2.05, 4.69) is 13.8 Å². The summed E-state index contributed by atoms with van der Waals surface area (Å²) in [7, 11) is 0. The van der Waals surface area contributed by atoms with E-state index in [0.29, 0.717) is 23.7 Å². The van der Waals surface area contributed by atoms with E-state index < -0.39 is 12.2 Å². The minimum absolute atomic E-state index is 0.366. The van der Waals surface area contributed by atoms with Crippen molar-refractivity contribution >= 4 is 0 Å². The third-order valence-electron chi connectivity index (χ3n) is 3.95. The summed E-state index contributed by atoms with van der Waals surface area (Å²) in [5.74, 6) is 1.92. The lowest BCUT2D eigenvalue weighted by atomic mass is 9.79. The van der Waals surface area contributed by atoms with Crippen LogP contribution in [0, 0.1) is 23.7 Å². The van der Waals surface area contributed by atoms with Gasteiger partial charge >= 0.3 is 0 Å². The molecule has 11 heavy (non-hydrogen) atoms. The molecule has 6 atom stereocenters. The zero-order valence-electron chi connectivity index (χ0n) is 7.07. The molecule has 0 aromatic heterocycles. The lowest BCUT2D eigenvalue weighted by molar-refractivity contribution is -0.0497. The minimum atomic E-state index is -0.439. The molecule has 0 aliphatic heterocycles. The van der Waals surface area contributed by atoms with Gasteiger partial charge in [0.25, 0.3) is 0 Å². The summed E-state index contributed by atoms with van der Waals surface area (Å²) < 4.78 is 0. The van der Waals surface area contributed by atoms with Gasteiger partial charge in [-0.2, -0.15) is 0 Å². The van der Waals surface area contributed by atoms with E-state index in [4.69, 9.17) is 0 Å². The summed E-state index contributed by atoms with van der Waals surface area (Å²) in [6.07, 6.45) is 0.155. The Kier molecular flexibility index (Phi) is 1.52. The Balaban J connectivity index is 2.21. The Hall–Kier alpha value is -0.0800. The van der Waals surface area contributed by atoms with Crippen LogP contribution in [0.1, 0.15) is 20.3 Å². The summed E-state index contributed by atoms with van der Waals surface area (Å²) >= 11 is 0. The number of hydrogen-bond acceptors (Lipinski definition) is 2. The molecule has 0 aromatic rings. The Morgan fingerprint density at radius 2 is 1.27 bits per heavy atom. The topological polar surface area (TPSA) is 40.5 Å². The van der Waals surface area contributed by atoms with Crippen LogP contribution >= 0.6 is 0 Å². The maximum atomic E-state index is 9.53. The van der Waals surface area contributed by atoms with Gasteiger partial charge in [-0.25, -0.2) is 0 Å². The van der Waals surface area contributed by atoms with Gasteiger partial charge in [0.05, 0.1) is 12.2 Å². The molecule has 0 saturated heterocycles. The summed E-state index contributed by atoms with van der Waals surface area (Å²) in [6, 6.07) is 0. The largest absolute Gasteiger partial charge is 0.390 e. The third-order valence-corrected chi connectivity index (χ3v) is 3.95. The van der Waals surface area contributed by atoms with Gasteiger partial charge in [-0.15, -0.1) is 0 Å². The highest BCUT2D eigenvalue weighted by Gasteiger charge is 2.53. The van der Waals surface area contributed by atoms with E-state index in [-0.39, 0.29) is 0 Å². The summed E-state index contributed by atoms with van der Waals surface area (Å²) in [4.78, 5) is 0. The molecule has 2 nitrogen and oxygen atoms in total. The van der Waals surface area contributed by atoms with Crippen molar-refractivity contribution in [2.45, 2.75) is 32.5 Å². The second-order valence-corrected chi connectivity index (χ2v) is 4.26. The van der Waals surface area contributed by atoms with E-state index in [1.54, 1.807) is 0 Å². The molecule has 2 aliphatic rings. The molecular formula is C9H16O2. The van der Waals surface area contributed by atoms with Crippen molar-refractivity contribution in [2.24, 2.45) is 23.7 Å². The van der Waals surface area contributed by atoms with Crippen molar-refractivity contribution in [3.63, 3.8) is 0 Å². The number of hydrogen-bond donors (Lipinski definition) is 2. The molecule has 2 fully saturated rings. The monoisotopic (exact) mass is 156 g/mol. The molecule has 2 bridgehead atoms. The highest BCUT2D eigenvalue weighted by atomic mass is 16.3. The fraction of sp³-hybridized carbons (Fsp3) is 1.00. The molecule has 64 valence electrons. The third kappa shape index (κ3) is 0.798. The minimum Gasteiger partial charge on any atom is -0.390 e. The fourth-order valence-electron chi connectivity index (χ4n) is 2.93. The van der Waals surface area contributed by atoms with Gasteiger partial charge in [0.2, 0.25) is 0 Å². The Bertz CT molecular complexity index is 135. The number of aliphatic hydroxyl groups is 2. The van der Waals surface area contributed by atoms with Crippen molar-refractivity contribution in [3.8, 4) is 0 Å². The van der Waals surface area contributed by atoms with E-state index in [9.17, 15) is 10.2 Å². The molecule has 0 amide bonds. The molecule has 2 rings (SSSR count). The molecule has 0 heterocycles. The van der Waals surface area contributed by atoms with Crippen LogP contribution in [0.3, 0.4) is 0 Å². The van der Waals surface area contributed by atoms with Gasteiger partial charge in [0.1, 0.15) is 0 Å². The molecular weight excluding hydrogens is 140 g/mol. The predicted molar refractivity (Wildman–Crippen MR) is 41.9 cm³/mol. The second-order valence-electron chi connectivity index (χ2n) is 4.26. The number of aliphatic hydroxyl groups excluding tert-OH is 2. The molecule has 0 radical (unpaired) electrons. The van der Waals surface area contributed by atoms with Crippen LogP contribution in [0.2, 0.25) is 0 Å². The Morgan fingerprint density at radius 1 is 0.909 bits per heavy atom. The van der Waals surface area contributed by atoms with Crippen molar-refractivity contribution in [2.75, 3.05) is 0 Å². The quantitative estimate of drug-likeness (QED) is 0.540. The highest BCUT2D eigenvalue weighted by Crippen LogP contribution is 2.51. The fourth-order valence-corrected chi connectivity index (χ4v) is 2.93. The normalized spacial score (nSPS) is 62.2. The predicted octanol–water partition coefficient (Wildman–Crippen LogP) is 0.630. The van der Waals surface area contributed by atoms with Crippen molar-refractivity contribution < 1.29 is 10.2 Å². The van der Waals surface area contributed by atoms with Crippen molar-refractivity contribution in [3.05, 3.63) is 0 Å². The van der Waals surface area contributed by atoms with E-state index in [0.717, 1.165) is 6.42 Å². The number of rotatable bonds is 0. The summed E-state index contributed by atoms with van der Waals surface area (Å²) in [5.41, 5.74) is 0. The number of fused-ring (bicyclic) bond motifs is 2. The molecule has 0 aromatic carbocycles. The molecule has 0 unspecified atom stereocenters. The first-order chi connectivity index (χ1) is 5.13. The van der Waals surface area contributed by atoms with Crippen LogP contribution in [-0.4, -0.2) is 22.4 Å². The van der Waals surface area contributed by atoms with Gasteiger partial charge in [-0.3, -0.25) is 0 Å². The summed E-state index contributed by atoms with van der Waals surface area (Å²) in [5, 5.41) is 19.1. The van der Waals surface area contributed by atoms with Gasteiger partial charge in [-0.1, -0.05) is 13.8 Å². The van der Waals surface area contributed by atoms with Crippen LogP contribution in [0.15, 0.2) is 0 Å². The van der Waals surface area contributed by atoms with Crippen molar-refractivity contribution in [1.82, 2.24) is 0 Å². The zero-order valence-corrected chi connectivity index (χ0v) is 7.07. The maximum absolute atomic E-state index is 9.53. The lowest BCUT2D eigenvalue weighted by Gasteiger charge is -2.32. The van der Waals surface area contributed by atoms with Gasteiger partial charge in [0.15, 0.2) is 0 Å². The average molecular weight is 156 g/mol. The first-order valence-electron chi connectivity index (χ1n) is 4.49. The van der Waals surface area contributed by atoms with Gasteiger partial charge in [0, 0.05) is 0 Å². The van der Waals surface area contributed by atoms with Crippen molar-refractivity contribution in [1.29, 1.82) is 0 Å². The zero-order chi connectivity index (χ0) is 8.17. The summed E-state index contributed by atoms with van der Waals surface area (Å²) in [6.45, 7) is 4.37. The first kappa shape index (κ1) is 7.56. The maximum Gasteiger partial charge on any atom is 0.0832 e. The Morgan fingerprint density at radius 3 is 1.55 bits per heavy atom. The van der Waals surface area contributed by atoms with E-state index >= 15 is 0 Å². The van der Waals surface area contributed by atoms with E-state index in [1.165, 1.54) is 0 Å². The first-order valence-corrected chi connectivity index (χ1v) is 4.49. The SMILES string of the molecule is C[C@@H]1[C@H](C)[C@H]2C[C@@H]1[C@@H](O)[C@H]2O. The lowest BCUT2D eigenvalue weighted by Crippen LogP contribution is -2.39. The average Bonchev–Trinajstić information content (AvgIpc) is 2.40. The standard InChI is InChI=1S/C9H16O2/c1-4-5(2)7-3-6(4)8(10)9(7)11/h4-11H,3H2,1-2H3/t4-,5+,6+,7-,8-,9+. The second kappa shape index (κ2) is 2.20.